The molecule has 1 radical (unpaired) electrons. The molecule has 0 saturated heterocycles. The van der Waals surface area contributed by atoms with E-state index >= 15 is 0 Å². The Labute approximate surface area is 65.2 Å². The van der Waals surface area contributed by atoms with Crippen LogP contribution in [0.4, 0.5) is 0 Å². The van der Waals surface area contributed by atoms with Crippen LogP contribution in [0.2, 0.25) is 0 Å². The Morgan fingerprint density at radius 2 is 1.25 bits per heavy atom. The van der Waals surface area contributed by atoms with Gasteiger partial charge in [-0.3, -0.25) is 0 Å². The Balaban J connectivity index is -0.00000000500. The van der Waals surface area contributed by atoms with Gasteiger partial charge in [0.05, 0.1) is 0 Å². The minimum absolute atomic E-state index is 0. The van der Waals surface area contributed by atoms with Gasteiger partial charge in [0.25, 0.3) is 0 Å². The monoisotopic (exact) mass is 395 g/mol. The van der Waals surface area contributed by atoms with Gasteiger partial charge in [-0.25, -0.2) is 0 Å². The zero-order valence-electron chi connectivity index (χ0n) is 1.67. The van der Waals surface area contributed by atoms with E-state index in [1.54, 1.807) is 0 Å². The molecular formula is HMoSSeW. The number of hydrogen-bond acceptors (Lipinski definition) is 1. The zero-order chi connectivity index (χ0) is 2.00. The van der Waals surface area contributed by atoms with Crippen molar-refractivity contribution in [3.05, 3.63) is 0 Å². The molecule has 4 heteroatoms. The van der Waals surface area contributed by atoms with E-state index in [1.165, 1.54) is 18.0 Å². The zero-order valence-corrected chi connectivity index (χ0v) is 9.31. The molecule has 0 aliphatic carbocycles. The van der Waals surface area contributed by atoms with Crippen LogP contribution in [-0.2, 0) is 39.1 Å². The Bertz CT molecular complexity index is 8.00. The first-order chi connectivity index (χ1) is 1.00. The Morgan fingerprint density at radius 3 is 1.25 bits per heavy atom. The molecule has 0 unspecified atom stereocenters. The molecule has 0 bridgehead atoms. The molecule has 0 rings (SSSR count). The van der Waals surface area contributed by atoms with Crippen LogP contribution in [0.1, 0.15) is 0 Å². The van der Waals surface area contributed by atoms with Crippen molar-refractivity contribution in [3.8, 4) is 0 Å². The average molecular weight is 392 g/mol. The molecule has 0 saturated carbocycles. The van der Waals surface area contributed by atoms with Crippen molar-refractivity contribution >= 4 is 26.9 Å². The van der Waals surface area contributed by atoms with E-state index in [1.807, 2.05) is 0 Å². The van der Waals surface area contributed by atoms with Crippen LogP contribution in [0.15, 0.2) is 0 Å². The van der Waals surface area contributed by atoms with Crippen molar-refractivity contribution in [1.82, 2.24) is 0 Å². The van der Waals surface area contributed by atoms with E-state index in [0.717, 1.165) is 0 Å². The van der Waals surface area contributed by atoms with Gasteiger partial charge in [-0.2, -0.15) is 0 Å². The molecule has 0 heterocycles. The first kappa shape index (κ1) is 16.5. The van der Waals surface area contributed by atoms with Gasteiger partial charge in [-0.15, -0.1) is 0 Å². The van der Waals surface area contributed by atoms with Gasteiger partial charge in [-0.1, -0.05) is 0 Å². The fourth-order valence-corrected chi connectivity index (χ4v) is 0. The fraction of sp³-hybridized carbons (Fsp3) is 0. The van der Waals surface area contributed by atoms with Crippen LogP contribution in [0.25, 0.3) is 0 Å². The van der Waals surface area contributed by atoms with Gasteiger partial charge in [0.15, 0.2) is 0 Å². The molecular weight excluding hydrogens is 391 g/mol. The Morgan fingerprint density at radius 1 is 1.25 bits per heavy atom. The van der Waals surface area contributed by atoms with Crippen molar-refractivity contribution in [1.29, 1.82) is 0 Å². The first-order valence-electron chi connectivity index (χ1n) is 0.167. The third-order valence-corrected chi connectivity index (χ3v) is 0. The third kappa shape index (κ3) is 8.93. The predicted molar refractivity (Wildman–Crippen MR) is 14.7 cm³/mol. The van der Waals surface area contributed by atoms with Crippen molar-refractivity contribution in [2.24, 2.45) is 0 Å². The summed E-state index contributed by atoms with van der Waals surface area (Å²) in [4.78, 5) is 0. The second-order valence-electron chi connectivity index (χ2n) is 0. The summed E-state index contributed by atoms with van der Waals surface area (Å²) in [7, 11) is 4.17. The SMILES string of the molecule is [Mo].[S]=[W].[SeH]. The van der Waals surface area contributed by atoms with Gasteiger partial charge in [0, 0.05) is 21.1 Å². The van der Waals surface area contributed by atoms with E-state index in [9.17, 15) is 0 Å². The molecule has 0 atom stereocenters. The van der Waals surface area contributed by atoms with E-state index in [4.69, 9.17) is 0 Å². The van der Waals surface area contributed by atoms with Crippen LogP contribution in [-0.4, -0.2) is 17.1 Å². The molecule has 4 heavy (non-hydrogen) atoms. The summed E-state index contributed by atoms with van der Waals surface area (Å²) in [5.74, 6) is 0. The van der Waals surface area contributed by atoms with Crippen LogP contribution >= 0.6 is 9.82 Å². The predicted octanol–water partition coefficient (Wildman–Crippen LogP) is -0.00530. The summed E-state index contributed by atoms with van der Waals surface area (Å²) < 4.78 is 0. The third-order valence-electron chi connectivity index (χ3n) is 0. The van der Waals surface area contributed by atoms with Crippen LogP contribution in [0.5, 0.6) is 0 Å². The fourth-order valence-electron chi connectivity index (χ4n) is 0. The molecule has 0 fully saturated rings. The van der Waals surface area contributed by atoms with E-state index < -0.39 is 0 Å². The van der Waals surface area contributed by atoms with Crippen molar-refractivity contribution in [2.45, 2.75) is 0 Å². The molecule has 0 spiro atoms. The van der Waals surface area contributed by atoms with Gasteiger partial charge >= 0.3 is 44.9 Å². The normalized spacial score (nSPS) is 1.00. The molecule has 0 N–H and O–H groups in total. The second-order valence-corrected chi connectivity index (χ2v) is 0. The Kier molecular flexibility index (Phi) is 79.8. The molecule has 0 aliphatic heterocycles. The summed E-state index contributed by atoms with van der Waals surface area (Å²) >= 11 is 1.17. The van der Waals surface area contributed by atoms with Crippen molar-refractivity contribution in [2.75, 3.05) is 0 Å². The summed E-state index contributed by atoms with van der Waals surface area (Å²) in [5, 5.41) is 0. The molecule has 0 nitrogen and oxygen atoms in total. The minimum atomic E-state index is 0. The topological polar surface area (TPSA) is 0 Å². The number of rotatable bonds is 0. The maximum atomic E-state index is 4.17. The molecule has 0 aromatic rings. The number of hydrogen-bond donors (Lipinski definition) is 0. The van der Waals surface area contributed by atoms with Crippen molar-refractivity contribution < 1.29 is 39.1 Å². The first-order valence-corrected chi connectivity index (χ1v) is 4.09. The molecule has 25 valence electrons. The standard InChI is InChI=1S/Mo.S.HSe.W/h;;1H;. The van der Waals surface area contributed by atoms with Crippen molar-refractivity contribution in [3.63, 3.8) is 0 Å². The second kappa shape index (κ2) is 19.4. The Hall–Kier alpha value is 2.12. The summed E-state index contributed by atoms with van der Waals surface area (Å²) in [5.41, 5.74) is 0. The van der Waals surface area contributed by atoms with E-state index in [-0.39, 0.29) is 38.1 Å². The summed E-state index contributed by atoms with van der Waals surface area (Å²) in [6.07, 6.45) is 0. The van der Waals surface area contributed by atoms with E-state index in [2.05, 4.69) is 9.82 Å². The quantitative estimate of drug-likeness (QED) is 0.524. The molecule has 0 aliphatic rings. The van der Waals surface area contributed by atoms with Crippen LogP contribution in [0.3, 0.4) is 0 Å². The van der Waals surface area contributed by atoms with Crippen LogP contribution in [0, 0.1) is 0 Å². The van der Waals surface area contributed by atoms with Gasteiger partial charge in [0.2, 0.25) is 0 Å². The van der Waals surface area contributed by atoms with Gasteiger partial charge in [0.1, 0.15) is 0 Å². The summed E-state index contributed by atoms with van der Waals surface area (Å²) in [6.45, 7) is 0. The molecule has 0 aromatic heterocycles. The maximum absolute atomic E-state index is 4.17. The van der Waals surface area contributed by atoms with Crippen LogP contribution < -0.4 is 0 Å². The molecule has 0 aromatic carbocycles. The van der Waals surface area contributed by atoms with Gasteiger partial charge < -0.3 is 0 Å². The molecule has 0 amide bonds. The van der Waals surface area contributed by atoms with E-state index in [0.29, 0.717) is 0 Å². The average Bonchev–Trinajstić information content (AvgIpc) is 1.00. The van der Waals surface area contributed by atoms with Gasteiger partial charge in [-0.05, 0) is 0 Å². The summed E-state index contributed by atoms with van der Waals surface area (Å²) in [6, 6.07) is 0.